The molecule has 11 heavy (non-hydrogen) atoms. The maximum Gasteiger partial charge on any atom is 0.0255 e. The second-order valence-electron chi connectivity index (χ2n) is 2.98. The Labute approximate surface area is 75.1 Å². The van der Waals surface area contributed by atoms with Crippen LogP contribution in [0.25, 0.3) is 0 Å². The number of hydrogen-bond acceptors (Lipinski definition) is 1. The summed E-state index contributed by atoms with van der Waals surface area (Å²) in [7, 11) is 0. The number of benzene rings is 1. The third-order valence-corrected chi connectivity index (χ3v) is 2.85. The number of nitrogens with one attached hydrogen (secondary N) is 1. The molecule has 0 aromatic heterocycles. The number of halogens is 1. The lowest BCUT2D eigenvalue weighted by Crippen LogP contribution is -2.19. The Morgan fingerprint density at radius 2 is 1.73 bits per heavy atom. The summed E-state index contributed by atoms with van der Waals surface area (Å²) in [5.74, 6) is 0. The van der Waals surface area contributed by atoms with Gasteiger partial charge in [0.05, 0.1) is 0 Å². The van der Waals surface area contributed by atoms with Gasteiger partial charge in [-0.1, -0.05) is 24.3 Å². The predicted octanol–water partition coefficient (Wildman–Crippen LogP) is 2.05. The van der Waals surface area contributed by atoms with Crippen molar-refractivity contribution < 1.29 is 0 Å². The third kappa shape index (κ3) is 1.33. The van der Waals surface area contributed by atoms with E-state index in [2.05, 4.69) is 44.8 Å². The van der Waals surface area contributed by atoms with Gasteiger partial charge in [0, 0.05) is 22.2 Å². The largest absolute Gasteiger partial charge is 0.252 e. The Balaban J connectivity index is 2.27. The van der Waals surface area contributed by atoms with Gasteiger partial charge >= 0.3 is 0 Å². The molecule has 0 unspecified atom stereocenters. The molecule has 0 fully saturated rings. The number of fused-ring (bicyclic) bond motifs is 1. The van der Waals surface area contributed by atoms with Gasteiger partial charge in [0.1, 0.15) is 0 Å². The van der Waals surface area contributed by atoms with Gasteiger partial charge in [-0.05, 0) is 24.0 Å². The molecule has 2 rings (SSSR count). The zero-order chi connectivity index (χ0) is 7.68. The molecular formula is C9H10BrN. The Morgan fingerprint density at radius 1 is 1.18 bits per heavy atom. The van der Waals surface area contributed by atoms with Gasteiger partial charge in [-0.2, -0.15) is 0 Å². The van der Waals surface area contributed by atoms with E-state index in [1.165, 1.54) is 11.1 Å². The lowest BCUT2D eigenvalue weighted by Gasteiger charge is -2.02. The lowest BCUT2D eigenvalue weighted by atomic mass is 10.1. The van der Waals surface area contributed by atoms with Crippen LogP contribution in [0.15, 0.2) is 24.3 Å². The minimum Gasteiger partial charge on any atom is -0.252 e. The fourth-order valence-corrected chi connectivity index (χ4v) is 1.96. The maximum absolute atomic E-state index is 3.29. The smallest absolute Gasteiger partial charge is 0.0255 e. The van der Waals surface area contributed by atoms with Gasteiger partial charge in [-0.3, -0.25) is 4.34 Å². The molecule has 0 heterocycles. The highest BCUT2D eigenvalue weighted by molar-refractivity contribution is 9.08. The molecule has 0 radical (unpaired) electrons. The predicted molar refractivity (Wildman–Crippen MR) is 49.7 cm³/mol. The summed E-state index contributed by atoms with van der Waals surface area (Å²) >= 11 is 3.29. The second kappa shape index (κ2) is 2.95. The highest BCUT2D eigenvalue weighted by atomic mass is 79.9. The molecule has 0 saturated heterocycles. The second-order valence-corrected chi connectivity index (χ2v) is 3.44. The first kappa shape index (κ1) is 7.32. The van der Waals surface area contributed by atoms with Gasteiger partial charge in [0.15, 0.2) is 0 Å². The van der Waals surface area contributed by atoms with Crippen LogP contribution in [0.2, 0.25) is 0 Å². The molecule has 2 heteroatoms. The summed E-state index contributed by atoms with van der Waals surface area (Å²) in [5, 5.41) is 0. The van der Waals surface area contributed by atoms with E-state index >= 15 is 0 Å². The standard InChI is InChI=1S/C9H10BrN/c10-11-9-5-7-3-1-2-4-8(7)6-9/h1-4,9,11H,5-6H2. The van der Waals surface area contributed by atoms with Crippen LogP contribution in [-0.4, -0.2) is 6.04 Å². The van der Waals surface area contributed by atoms with Crippen LogP contribution in [0.5, 0.6) is 0 Å². The summed E-state index contributed by atoms with van der Waals surface area (Å²) < 4.78 is 3.12. The number of hydrogen-bond donors (Lipinski definition) is 1. The molecule has 0 aliphatic heterocycles. The first-order chi connectivity index (χ1) is 5.40. The van der Waals surface area contributed by atoms with Crippen molar-refractivity contribution in [2.45, 2.75) is 18.9 Å². The van der Waals surface area contributed by atoms with E-state index in [4.69, 9.17) is 0 Å². The molecule has 0 saturated carbocycles. The molecule has 0 amide bonds. The topological polar surface area (TPSA) is 12.0 Å². The average molecular weight is 212 g/mol. The van der Waals surface area contributed by atoms with Crippen molar-refractivity contribution in [2.75, 3.05) is 0 Å². The zero-order valence-corrected chi connectivity index (χ0v) is 7.76. The molecule has 0 spiro atoms. The Kier molecular flexibility index (Phi) is 1.96. The van der Waals surface area contributed by atoms with Gasteiger partial charge in [-0.15, -0.1) is 0 Å². The Bertz CT molecular complexity index is 234. The molecule has 1 aliphatic rings. The molecule has 0 atom stereocenters. The summed E-state index contributed by atoms with van der Waals surface area (Å²) in [6.45, 7) is 0. The summed E-state index contributed by atoms with van der Waals surface area (Å²) in [6, 6.07) is 9.22. The van der Waals surface area contributed by atoms with Crippen molar-refractivity contribution >= 4 is 16.1 Å². The van der Waals surface area contributed by atoms with E-state index in [1.54, 1.807) is 0 Å². The zero-order valence-electron chi connectivity index (χ0n) is 6.18. The normalized spacial score (nSPS) is 16.8. The van der Waals surface area contributed by atoms with Crippen LogP contribution in [-0.2, 0) is 12.8 Å². The van der Waals surface area contributed by atoms with Crippen molar-refractivity contribution in [3.63, 3.8) is 0 Å². The minimum absolute atomic E-state index is 0.590. The minimum atomic E-state index is 0.590. The molecule has 1 aromatic carbocycles. The van der Waals surface area contributed by atoms with Crippen LogP contribution >= 0.6 is 16.1 Å². The van der Waals surface area contributed by atoms with Crippen LogP contribution in [0.1, 0.15) is 11.1 Å². The Hall–Kier alpha value is -0.340. The summed E-state index contributed by atoms with van der Waals surface area (Å²) in [5.41, 5.74) is 2.98. The van der Waals surface area contributed by atoms with Crippen molar-refractivity contribution in [2.24, 2.45) is 0 Å². The molecular weight excluding hydrogens is 202 g/mol. The first-order valence-electron chi connectivity index (χ1n) is 3.83. The quantitative estimate of drug-likeness (QED) is 0.702. The van der Waals surface area contributed by atoms with Gasteiger partial charge in [0.2, 0.25) is 0 Å². The van der Waals surface area contributed by atoms with Crippen molar-refractivity contribution in [3.05, 3.63) is 35.4 Å². The monoisotopic (exact) mass is 211 g/mol. The average Bonchev–Trinajstić information content (AvgIpc) is 2.46. The van der Waals surface area contributed by atoms with Crippen LogP contribution in [0, 0.1) is 0 Å². The van der Waals surface area contributed by atoms with Crippen LogP contribution in [0.4, 0.5) is 0 Å². The van der Waals surface area contributed by atoms with Gasteiger partial charge in [-0.25, -0.2) is 0 Å². The third-order valence-electron chi connectivity index (χ3n) is 2.21. The van der Waals surface area contributed by atoms with E-state index in [9.17, 15) is 0 Å². The van der Waals surface area contributed by atoms with Gasteiger partial charge in [0.25, 0.3) is 0 Å². The van der Waals surface area contributed by atoms with Crippen LogP contribution < -0.4 is 4.34 Å². The van der Waals surface area contributed by atoms with Crippen molar-refractivity contribution in [1.29, 1.82) is 0 Å². The SMILES string of the molecule is BrNC1Cc2ccccc2C1. The summed E-state index contributed by atoms with van der Waals surface area (Å²) in [4.78, 5) is 0. The fraction of sp³-hybridized carbons (Fsp3) is 0.333. The maximum atomic E-state index is 3.29. The molecule has 58 valence electrons. The van der Waals surface area contributed by atoms with Crippen molar-refractivity contribution in [1.82, 2.24) is 4.34 Å². The first-order valence-corrected chi connectivity index (χ1v) is 4.62. The van der Waals surface area contributed by atoms with E-state index in [1.807, 2.05) is 0 Å². The Morgan fingerprint density at radius 3 is 2.18 bits per heavy atom. The van der Waals surface area contributed by atoms with E-state index in [-0.39, 0.29) is 0 Å². The molecule has 1 N–H and O–H groups in total. The highest BCUT2D eigenvalue weighted by Gasteiger charge is 2.18. The molecule has 0 bridgehead atoms. The molecule has 1 nitrogen and oxygen atoms in total. The van der Waals surface area contributed by atoms with E-state index in [0.717, 1.165) is 12.8 Å². The molecule has 1 aromatic rings. The van der Waals surface area contributed by atoms with E-state index in [0.29, 0.717) is 6.04 Å². The summed E-state index contributed by atoms with van der Waals surface area (Å²) in [6.07, 6.45) is 2.31. The molecule has 1 aliphatic carbocycles. The van der Waals surface area contributed by atoms with Crippen molar-refractivity contribution in [3.8, 4) is 0 Å². The highest BCUT2D eigenvalue weighted by Crippen LogP contribution is 2.21. The van der Waals surface area contributed by atoms with Crippen LogP contribution in [0.3, 0.4) is 0 Å². The lowest BCUT2D eigenvalue weighted by molar-refractivity contribution is 0.681. The number of rotatable bonds is 1. The van der Waals surface area contributed by atoms with Gasteiger partial charge < -0.3 is 0 Å². The van der Waals surface area contributed by atoms with E-state index < -0.39 is 0 Å². The fourth-order valence-electron chi connectivity index (χ4n) is 1.64.